The van der Waals surface area contributed by atoms with Crippen LogP contribution in [0.1, 0.15) is 12.8 Å². The highest BCUT2D eigenvalue weighted by atomic mass is 35.5. The quantitative estimate of drug-likeness (QED) is 0.723. The van der Waals surface area contributed by atoms with Gasteiger partial charge in [0.1, 0.15) is 0 Å². The van der Waals surface area contributed by atoms with Crippen molar-refractivity contribution in [1.29, 1.82) is 0 Å². The fraction of sp³-hybridized carbons (Fsp3) is 0.900. The van der Waals surface area contributed by atoms with Crippen molar-refractivity contribution in [3.8, 4) is 0 Å². The van der Waals surface area contributed by atoms with Gasteiger partial charge in [-0.05, 0) is 19.4 Å². The predicted molar refractivity (Wildman–Crippen MR) is 73.0 cm³/mol. The molecule has 0 spiro atoms. The summed E-state index contributed by atoms with van der Waals surface area (Å²) in [5.74, 6) is -0.0754. The van der Waals surface area contributed by atoms with Crippen LogP contribution in [0.5, 0.6) is 0 Å². The second-order valence-corrected chi connectivity index (χ2v) is 3.83. The average Bonchev–Trinajstić information content (AvgIpc) is 2.70. The number of nitrogens with zero attached hydrogens (tertiary/aromatic N) is 1. The number of methoxy groups -OCH3 is 1. The molecule has 0 aliphatic carbocycles. The van der Waals surface area contributed by atoms with E-state index < -0.39 is 0 Å². The molecular formula is C10H23Cl2N3O2. The van der Waals surface area contributed by atoms with Gasteiger partial charge in [0.15, 0.2) is 0 Å². The van der Waals surface area contributed by atoms with E-state index in [0.29, 0.717) is 12.6 Å². The van der Waals surface area contributed by atoms with Crippen LogP contribution in [-0.2, 0) is 9.53 Å². The molecule has 1 aliphatic heterocycles. The van der Waals surface area contributed by atoms with E-state index in [-0.39, 0.29) is 37.3 Å². The molecule has 0 aromatic rings. The Morgan fingerprint density at radius 1 is 1.53 bits per heavy atom. The smallest absolute Gasteiger partial charge is 0.233 e. The molecule has 1 heterocycles. The van der Waals surface area contributed by atoms with Gasteiger partial charge in [-0.1, -0.05) is 0 Å². The molecule has 1 saturated heterocycles. The van der Waals surface area contributed by atoms with Crippen LogP contribution in [0.25, 0.3) is 0 Å². The largest absolute Gasteiger partial charge is 0.383 e. The van der Waals surface area contributed by atoms with Crippen molar-refractivity contribution < 1.29 is 9.53 Å². The van der Waals surface area contributed by atoms with E-state index in [2.05, 4.69) is 10.2 Å². The van der Waals surface area contributed by atoms with Crippen LogP contribution >= 0.6 is 24.8 Å². The van der Waals surface area contributed by atoms with E-state index in [4.69, 9.17) is 10.5 Å². The monoisotopic (exact) mass is 287 g/mol. The van der Waals surface area contributed by atoms with Crippen molar-refractivity contribution in [2.24, 2.45) is 5.73 Å². The summed E-state index contributed by atoms with van der Waals surface area (Å²) in [6, 6.07) is 0.454. The Kier molecular flexibility index (Phi) is 12.5. The maximum atomic E-state index is 11.0. The van der Waals surface area contributed by atoms with Crippen LogP contribution in [0, 0.1) is 0 Å². The van der Waals surface area contributed by atoms with Gasteiger partial charge in [-0.25, -0.2) is 0 Å². The number of halogens is 2. The first-order valence-corrected chi connectivity index (χ1v) is 5.47. The lowest BCUT2D eigenvalue weighted by Crippen LogP contribution is -2.42. The van der Waals surface area contributed by atoms with Crippen molar-refractivity contribution in [2.45, 2.75) is 18.9 Å². The summed E-state index contributed by atoms with van der Waals surface area (Å²) in [6.45, 7) is 3.58. The summed E-state index contributed by atoms with van der Waals surface area (Å²) < 4.78 is 5.05. The molecular weight excluding hydrogens is 265 g/mol. The number of nitrogens with two attached hydrogens (primary N) is 1. The van der Waals surface area contributed by atoms with Gasteiger partial charge in [0, 0.05) is 26.2 Å². The highest BCUT2D eigenvalue weighted by Crippen LogP contribution is 2.15. The van der Waals surface area contributed by atoms with Gasteiger partial charge < -0.3 is 15.8 Å². The SMILES string of the molecule is COCCN1CCCC1CNC(=O)CN.Cl.Cl. The molecule has 3 N–H and O–H groups in total. The number of nitrogens with one attached hydrogen (secondary N) is 1. The van der Waals surface area contributed by atoms with Gasteiger partial charge in [0.25, 0.3) is 0 Å². The first kappa shape index (κ1) is 19.3. The van der Waals surface area contributed by atoms with E-state index in [1.165, 1.54) is 6.42 Å². The van der Waals surface area contributed by atoms with Crippen molar-refractivity contribution in [2.75, 3.05) is 39.9 Å². The Morgan fingerprint density at radius 3 is 2.82 bits per heavy atom. The van der Waals surface area contributed by atoms with E-state index in [9.17, 15) is 4.79 Å². The zero-order chi connectivity index (χ0) is 11.1. The fourth-order valence-electron chi connectivity index (χ4n) is 1.93. The third-order valence-corrected chi connectivity index (χ3v) is 2.80. The second-order valence-electron chi connectivity index (χ2n) is 3.83. The van der Waals surface area contributed by atoms with E-state index in [0.717, 1.165) is 26.1 Å². The van der Waals surface area contributed by atoms with Crippen molar-refractivity contribution in [1.82, 2.24) is 10.2 Å². The van der Waals surface area contributed by atoms with Crippen LogP contribution in [0.3, 0.4) is 0 Å². The average molecular weight is 288 g/mol. The van der Waals surface area contributed by atoms with Gasteiger partial charge in [-0.15, -0.1) is 24.8 Å². The molecule has 1 rings (SSSR count). The first-order chi connectivity index (χ1) is 7.27. The molecule has 104 valence electrons. The van der Waals surface area contributed by atoms with Crippen molar-refractivity contribution in [3.05, 3.63) is 0 Å². The lowest BCUT2D eigenvalue weighted by molar-refractivity contribution is -0.119. The Labute approximate surface area is 115 Å². The Hall–Kier alpha value is -0.0700. The van der Waals surface area contributed by atoms with Crippen LogP contribution in [0.2, 0.25) is 0 Å². The molecule has 5 nitrogen and oxygen atoms in total. The van der Waals surface area contributed by atoms with E-state index >= 15 is 0 Å². The molecule has 1 amide bonds. The maximum absolute atomic E-state index is 11.0. The summed E-state index contributed by atoms with van der Waals surface area (Å²) >= 11 is 0. The highest BCUT2D eigenvalue weighted by Gasteiger charge is 2.23. The summed E-state index contributed by atoms with van der Waals surface area (Å²) in [5.41, 5.74) is 5.23. The van der Waals surface area contributed by atoms with Crippen molar-refractivity contribution >= 4 is 30.7 Å². The number of ether oxygens (including phenoxy) is 1. The number of amides is 1. The number of rotatable bonds is 6. The van der Waals surface area contributed by atoms with Gasteiger partial charge >= 0.3 is 0 Å². The molecule has 7 heteroatoms. The van der Waals surface area contributed by atoms with Crippen LogP contribution < -0.4 is 11.1 Å². The lowest BCUT2D eigenvalue weighted by atomic mass is 10.2. The third kappa shape index (κ3) is 7.06. The summed E-state index contributed by atoms with van der Waals surface area (Å²) in [7, 11) is 1.71. The number of carbonyl (C=O) groups excluding carboxylic acids is 1. The van der Waals surface area contributed by atoms with Crippen LogP contribution in [0.4, 0.5) is 0 Å². The normalized spacial score (nSPS) is 19.3. The summed E-state index contributed by atoms with van der Waals surface area (Å²) in [4.78, 5) is 13.4. The molecule has 0 saturated carbocycles. The topological polar surface area (TPSA) is 67.6 Å². The highest BCUT2D eigenvalue weighted by molar-refractivity contribution is 5.85. The Balaban J connectivity index is 0. The minimum Gasteiger partial charge on any atom is -0.383 e. The molecule has 0 radical (unpaired) electrons. The molecule has 1 unspecified atom stereocenters. The number of hydrogen-bond acceptors (Lipinski definition) is 4. The Morgan fingerprint density at radius 2 is 2.24 bits per heavy atom. The van der Waals surface area contributed by atoms with E-state index in [1.54, 1.807) is 7.11 Å². The molecule has 17 heavy (non-hydrogen) atoms. The fourth-order valence-corrected chi connectivity index (χ4v) is 1.93. The standard InChI is InChI=1S/C10H21N3O2.2ClH/c1-15-6-5-13-4-2-3-9(13)8-12-10(14)7-11;;/h9H,2-8,11H2,1H3,(H,12,14);2*1H. The van der Waals surface area contributed by atoms with Crippen LogP contribution in [-0.4, -0.2) is 56.7 Å². The number of hydrogen-bond donors (Lipinski definition) is 2. The zero-order valence-electron chi connectivity index (χ0n) is 10.2. The second kappa shape index (κ2) is 11.0. The molecule has 1 aliphatic rings. The van der Waals surface area contributed by atoms with Crippen LogP contribution in [0.15, 0.2) is 0 Å². The minimum absolute atomic E-state index is 0. The van der Waals surface area contributed by atoms with Gasteiger partial charge in [0.2, 0.25) is 5.91 Å². The predicted octanol–water partition coefficient (Wildman–Crippen LogP) is 0.0157. The van der Waals surface area contributed by atoms with E-state index in [1.807, 2.05) is 0 Å². The lowest BCUT2D eigenvalue weighted by Gasteiger charge is -2.24. The molecule has 1 fully saturated rings. The Bertz CT molecular complexity index is 208. The zero-order valence-corrected chi connectivity index (χ0v) is 11.8. The van der Waals surface area contributed by atoms with Gasteiger partial charge in [-0.3, -0.25) is 9.69 Å². The summed E-state index contributed by atoms with van der Waals surface area (Å²) in [6.07, 6.45) is 2.35. The van der Waals surface area contributed by atoms with Gasteiger partial charge in [0.05, 0.1) is 13.2 Å². The number of carbonyl (C=O) groups is 1. The van der Waals surface area contributed by atoms with Crippen molar-refractivity contribution in [3.63, 3.8) is 0 Å². The van der Waals surface area contributed by atoms with Gasteiger partial charge in [-0.2, -0.15) is 0 Å². The third-order valence-electron chi connectivity index (χ3n) is 2.80. The number of likely N-dealkylation sites (tertiary alicyclic amines) is 1. The minimum atomic E-state index is -0.0754. The molecule has 0 bridgehead atoms. The molecule has 0 aromatic carbocycles. The first-order valence-electron chi connectivity index (χ1n) is 5.47. The molecule has 1 atom stereocenters. The summed E-state index contributed by atoms with van der Waals surface area (Å²) in [5, 5.41) is 2.83. The molecule has 0 aromatic heterocycles. The maximum Gasteiger partial charge on any atom is 0.233 e.